The molecule has 1 unspecified atom stereocenters. The fourth-order valence-corrected chi connectivity index (χ4v) is 4.12. The monoisotopic (exact) mass is 341 g/mol. The zero-order valence-corrected chi connectivity index (χ0v) is 14.7. The summed E-state index contributed by atoms with van der Waals surface area (Å²) in [6.07, 6.45) is 7.63. The molecule has 0 bridgehead atoms. The van der Waals surface area contributed by atoms with Crippen molar-refractivity contribution in [2.24, 2.45) is 5.92 Å². The van der Waals surface area contributed by atoms with E-state index < -0.39 is 0 Å². The SMILES string of the molecule is CC1C=C(c2cccs2)n2cc(N)nc2C(N2CCNCC2)=CC1. The zero-order valence-electron chi connectivity index (χ0n) is 13.9. The van der Waals surface area contributed by atoms with Crippen LogP contribution < -0.4 is 11.1 Å². The summed E-state index contributed by atoms with van der Waals surface area (Å²) in [6, 6.07) is 4.26. The van der Waals surface area contributed by atoms with Crippen molar-refractivity contribution < 1.29 is 0 Å². The van der Waals surface area contributed by atoms with Crippen LogP contribution in [-0.4, -0.2) is 40.6 Å². The molecule has 24 heavy (non-hydrogen) atoms. The first kappa shape index (κ1) is 15.5. The van der Waals surface area contributed by atoms with Gasteiger partial charge in [0.25, 0.3) is 0 Å². The maximum Gasteiger partial charge on any atom is 0.163 e. The van der Waals surface area contributed by atoms with Crippen LogP contribution in [0.1, 0.15) is 24.0 Å². The van der Waals surface area contributed by atoms with E-state index in [9.17, 15) is 0 Å². The molecule has 2 aliphatic heterocycles. The zero-order chi connectivity index (χ0) is 16.5. The quantitative estimate of drug-likeness (QED) is 0.882. The average molecular weight is 341 g/mol. The van der Waals surface area contributed by atoms with E-state index in [0.717, 1.165) is 38.4 Å². The number of hydrogen-bond acceptors (Lipinski definition) is 5. The molecular formula is C18H23N5S. The summed E-state index contributed by atoms with van der Waals surface area (Å²) in [6.45, 7) is 6.30. The van der Waals surface area contributed by atoms with Crippen LogP contribution in [0.15, 0.2) is 35.9 Å². The number of thiophene rings is 1. The van der Waals surface area contributed by atoms with Gasteiger partial charge in [0.1, 0.15) is 5.82 Å². The normalized spacial score (nSPS) is 21.5. The number of nitrogens with two attached hydrogens (primary N) is 1. The number of fused-ring (bicyclic) bond motifs is 1. The second-order valence-electron chi connectivity index (χ2n) is 6.43. The van der Waals surface area contributed by atoms with Crippen LogP contribution in [0.4, 0.5) is 5.82 Å². The molecule has 0 aliphatic carbocycles. The molecule has 4 heterocycles. The maximum absolute atomic E-state index is 6.09. The molecule has 2 aliphatic rings. The molecule has 2 aromatic rings. The molecule has 0 spiro atoms. The lowest BCUT2D eigenvalue weighted by atomic mass is 10.0. The van der Waals surface area contributed by atoms with Gasteiger partial charge in [-0.2, -0.15) is 0 Å². The number of nitrogens with zero attached hydrogens (tertiary/aromatic N) is 3. The molecule has 3 N–H and O–H groups in total. The number of aromatic nitrogens is 2. The topological polar surface area (TPSA) is 59.1 Å². The molecule has 0 radical (unpaired) electrons. The van der Waals surface area contributed by atoms with Crippen LogP contribution in [0.2, 0.25) is 0 Å². The van der Waals surface area contributed by atoms with Crippen molar-refractivity contribution in [1.82, 2.24) is 19.8 Å². The summed E-state index contributed by atoms with van der Waals surface area (Å²) in [5.41, 5.74) is 8.49. The summed E-state index contributed by atoms with van der Waals surface area (Å²) in [5, 5.41) is 5.54. The van der Waals surface area contributed by atoms with E-state index >= 15 is 0 Å². The third-order valence-corrected chi connectivity index (χ3v) is 5.46. The fraction of sp³-hybridized carbons (Fsp3) is 0.389. The van der Waals surface area contributed by atoms with Crippen molar-refractivity contribution in [3.8, 4) is 0 Å². The highest BCUT2D eigenvalue weighted by Gasteiger charge is 2.23. The Labute approximate surface area is 146 Å². The summed E-state index contributed by atoms with van der Waals surface area (Å²) >= 11 is 1.76. The molecule has 1 atom stereocenters. The molecule has 4 rings (SSSR count). The molecule has 1 saturated heterocycles. The van der Waals surface area contributed by atoms with Gasteiger partial charge in [-0.3, -0.25) is 4.57 Å². The van der Waals surface area contributed by atoms with E-state index in [-0.39, 0.29) is 0 Å². The third-order valence-electron chi connectivity index (χ3n) is 4.57. The lowest BCUT2D eigenvalue weighted by Gasteiger charge is -2.32. The van der Waals surface area contributed by atoms with Crippen LogP contribution in [0.3, 0.4) is 0 Å². The van der Waals surface area contributed by atoms with Gasteiger partial charge in [-0.25, -0.2) is 4.98 Å². The van der Waals surface area contributed by atoms with Gasteiger partial charge in [-0.1, -0.05) is 25.1 Å². The van der Waals surface area contributed by atoms with Gasteiger partial charge in [0, 0.05) is 26.2 Å². The van der Waals surface area contributed by atoms with Crippen LogP contribution >= 0.6 is 11.3 Å². The standard InChI is InChI=1S/C18H23N5S/c1-13-4-5-14(22-8-6-20-7-9-22)18-21-17(19)12-23(18)15(11-13)16-3-2-10-24-16/h2-3,5,10-13,20H,4,6-9,19H2,1H3. The minimum absolute atomic E-state index is 0.469. The Kier molecular flexibility index (Phi) is 4.16. The van der Waals surface area contributed by atoms with E-state index in [1.165, 1.54) is 16.3 Å². The van der Waals surface area contributed by atoms with E-state index in [4.69, 9.17) is 5.73 Å². The molecule has 0 saturated carbocycles. The minimum atomic E-state index is 0.469. The maximum atomic E-state index is 6.09. The van der Waals surface area contributed by atoms with Crippen molar-refractivity contribution in [2.75, 3.05) is 31.9 Å². The predicted molar refractivity (Wildman–Crippen MR) is 101 cm³/mol. The second kappa shape index (κ2) is 6.45. The second-order valence-corrected chi connectivity index (χ2v) is 7.38. The average Bonchev–Trinajstić information content (AvgIpc) is 3.23. The largest absolute Gasteiger partial charge is 0.382 e. The lowest BCUT2D eigenvalue weighted by Crippen LogP contribution is -2.42. The lowest BCUT2D eigenvalue weighted by molar-refractivity contribution is 0.337. The Morgan fingerprint density at radius 3 is 2.88 bits per heavy atom. The van der Waals surface area contributed by atoms with Crippen LogP contribution in [0.5, 0.6) is 0 Å². The van der Waals surface area contributed by atoms with Crippen molar-refractivity contribution in [2.45, 2.75) is 13.3 Å². The van der Waals surface area contributed by atoms with Crippen LogP contribution in [0.25, 0.3) is 11.4 Å². The Morgan fingerprint density at radius 1 is 1.29 bits per heavy atom. The molecule has 126 valence electrons. The van der Waals surface area contributed by atoms with Gasteiger partial charge < -0.3 is 16.0 Å². The van der Waals surface area contributed by atoms with Crippen molar-refractivity contribution >= 4 is 28.5 Å². The number of imidazole rings is 1. The number of piperazine rings is 1. The number of anilines is 1. The minimum Gasteiger partial charge on any atom is -0.382 e. The first-order valence-electron chi connectivity index (χ1n) is 8.49. The van der Waals surface area contributed by atoms with E-state index in [1.54, 1.807) is 11.3 Å². The first-order chi connectivity index (χ1) is 11.7. The summed E-state index contributed by atoms with van der Waals surface area (Å²) < 4.78 is 2.17. The molecule has 0 amide bonds. The highest BCUT2D eigenvalue weighted by atomic mass is 32.1. The molecule has 1 fully saturated rings. The van der Waals surface area contributed by atoms with E-state index in [0.29, 0.717) is 11.7 Å². The number of hydrogen-bond donors (Lipinski definition) is 2. The van der Waals surface area contributed by atoms with Gasteiger partial charge >= 0.3 is 0 Å². The van der Waals surface area contributed by atoms with E-state index in [1.807, 2.05) is 6.20 Å². The van der Waals surface area contributed by atoms with Gasteiger partial charge in [0.15, 0.2) is 5.82 Å². The Hall–Kier alpha value is -2.05. The number of rotatable bonds is 2. The number of nitrogens with one attached hydrogen (secondary N) is 1. The molecular weight excluding hydrogens is 318 g/mol. The van der Waals surface area contributed by atoms with Crippen molar-refractivity contribution in [3.05, 3.63) is 46.6 Å². The summed E-state index contributed by atoms with van der Waals surface area (Å²) in [7, 11) is 0. The highest BCUT2D eigenvalue weighted by molar-refractivity contribution is 7.11. The molecule has 5 nitrogen and oxygen atoms in total. The molecule has 0 aromatic carbocycles. The fourth-order valence-electron chi connectivity index (χ4n) is 3.37. The van der Waals surface area contributed by atoms with Gasteiger partial charge in [-0.05, 0) is 23.8 Å². The number of nitrogen functional groups attached to an aromatic ring is 1. The van der Waals surface area contributed by atoms with Crippen LogP contribution in [-0.2, 0) is 0 Å². The molecule has 6 heteroatoms. The van der Waals surface area contributed by atoms with Gasteiger partial charge in [0.2, 0.25) is 0 Å². The smallest absolute Gasteiger partial charge is 0.163 e. The number of allylic oxidation sites excluding steroid dienone is 2. The molecule has 2 aromatic heterocycles. The Morgan fingerprint density at radius 2 is 2.12 bits per heavy atom. The Balaban J connectivity index is 1.83. The van der Waals surface area contributed by atoms with E-state index in [2.05, 4.69) is 56.4 Å². The summed E-state index contributed by atoms with van der Waals surface area (Å²) in [4.78, 5) is 8.35. The summed E-state index contributed by atoms with van der Waals surface area (Å²) in [5.74, 6) is 2.00. The third kappa shape index (κ3) is 2.87. The van der Waals surface area contributed by atoms with Crippen LogP contribution in [0, 0.1) is 5.92 Å². The van der Waals surface area contributed by atoms with Gasteiger partial charge in [-0.15, -0.1) is 11.3 Å². The van der Waals surface area contributed by atoms with Gasteiger partial charge in [0.05, 0.1) is 22.5 Å². The van der Waals surface area contributed by atoms with Crippen molar-refractivity contribution in [1.29, 1.82) is 0 Å². The highest BCUT2D eigenvalue weighted by Crippen LogP contribution is 2.32. The Bertz CT molecular complexity index is 765. The van der Waals surface area contributed by atoms with Crippen molar-refractivity contribution in [3.63, 3.8) is 0 Å². The first-order valence-corrected chi connectivity index (χ1v) is 9.37. The predicted octanol–water partition coefficient (Wildman–Crippen LogP) is 2.70.